The van der Waals surface area contributed by atoms with Crippen molar-refractivity contribution in [2.45, 2.75) is 32.2 Å². The highest BCUT2D eigenvalue weighted by atomic mass is 16.4. The van der Waals surface area contributed by atoms with Crippen molar-refractivity contribution in [3.8, 4) is 0 Å². The predicted molar refractivity (Wildman–Crippen MR) is 76.5 cm³/mol. The Morgan fingerprint density at radius 3 is 2.81 bits per heavy atom. The molecule has 0 spiro atoms. The van der Waals surface area contributed by atoms with E-state index in [-0.39, 0.29) is 17.9 Å². The smallest absolute Gasteiger partial charge is 0.315 e. The van der Waals surface area contributed by atoms with Crippen LogP contribution in [0.5, 0.6) is 0 Å². The van der Waals surface area contributed by atoms with Gasteiger partial charge in [-0.15, -0.1) is 0 Å². The predicted octanol–water partition coefficient (Wildman–Crippen LogP) is 1.11. The first-order valence-corrected chi connectivity index (χ1v) is 7.29. The second-order valence-electron chi connectivity index (χ2n) is 5.50. The SMILES string of the molecule is Cn1nccc1CNC(=O)NCC1CCCCC1C(=O)O. The number of rotatable bonds is 5. The Labute approximate surface area is 123 Å². The van der Waals surface area contributed by atoms with Gasteiger partial charge in [-0.05, 0) is 24.8 Å². The van der Waals surface area contributed by atoms with Gasteiger partial charge in [0.15, 0.2) is 0 Å². The number of carboxylic acid groups (broad SMARTS) is 1. The Morgan fingerprint density at radius 1 is 1.38 bits per heavy atom. The summed E-state index contributed by atoms with van der Waals surface area (Å²) in [5, 5.41) is 18.7. The Hall–Kier alpha value is -2.05. The molecule has 0 radical (unpaired) electrons. The summed E-state index contributed by atoms with van der Waals surface area (Å²) in [4.78, 5) is 23.0. The molecule has 7 heteroatoms. The van der Waals surface area contributed by atoms with Crippen LogP contribution in [-0.2, 0) is 18.4 Å². The number of amides is 2. The Morgan fingerprint density at radius 2 is 2.14 bits per heavy atom. The van der Waals surface area contributed by atoms with E-state index >= 15 is 0 Å². The lowest BCUT2D eigenvalue weighted by molar-refractivity contribution is -0.144. The molecule has 2 unspecified atom stereocenters. The van der Waals surface area contributed by atoms with Crippen molar-refractivity contribution in [2.75, 3.05) is 6.54 Å². The van der Waals surface area contributed by atoms with Crippen LogP contribution in [0.1, 0.15) is 31.4 Å². The third-order valence-corrected chi connectivity index (χ3v) is 4.10. The largest absolute Gasteiger partial charge is 0.481 e. The van der Waals surface area contributed by atoms with Crippen molar-refractivity contribution in [1.82, 2.24) is 20.4 Å². The summed E-state index contributed by atoms with van der Waals surface area (Å²) in [7, 11) is 1.81. The van der Waals surface area contributed by atoms with Gasteiger partial charge in [0.25, 0.3) is 0 Å². The molecule has 2 rings (SSSR count). The number of nitrogens with one attached hydrogen (secondary N) is 2. The zero-order chi connectivity index (χ0) is 15.2. The van der Waals surface area contributed by atoms with Gasteiger partial charge in [-0.2, -0.15) is 5.10 Å². The molecule has 3 N–H and O–H groups in total. The summed E-state index contributed by atoms with van der Waals surface area (Å²) >= 11 is 0. The minimum atomic E-state index is -0.753. The molecular weight excluding hydrogens is 272 g/mol. The zero-order valence-electron chi connectivity index (χ0n) is 12.2. The first kappa shape index (κ1) is 15.3. The highest BCUT2D eigenvalue weighted by molar-refractivity contribution is 5.74. The lowest BCUT2D eigenvalue weighted by Gasteiger charge is -2.28. The minimum Gasteiger partial charge on any atom is -0.481 e. The fourth-order valence-corrected chi connectivity index (χ4v) is 2.81. The first-order valence-electron chi connectivity index (χ1n) is 7.29. The van der Waals surface area contributed by atoms with E-state index in [0.29, 0.717) is 19.5 Å². The number of carboxylic acids is 1. The molecule has 21 heavy (non-hydrogen) atoms. The molecule has 0 bridgehead atoms. The number of aryl methyl sites for hydroxylation is 1. The van der Waals surface area contributed by atoms with Crippen molar-refractivity contribution in [1.29, 1.82) is 0 Å². The van der Waals surface area contributed by atoms with Crippen molar-refractivity contribution in [3.05, 3.63) is 18.0 Å². The van der Waals surface area contributed by atoms with Gasteiger partial charge in [0.1, 0.15) is 0 Å². The Balaban J connectivity index is 1.75. The van der Waals surface area contributed by atoms with Gasteiger partial charge in [-0.1, -0.05) is 12.8 Å². The molecule has 2 amide bonds. The summed E-state index contributed by atoms with van der Waals surface area (Å²) in [6, 6.07) is 1.56. The van der Waals surface area contributed by atoms with Gasteiger partial charge in [-0.25, -0.2) is 4.79 Å². The van der Waals surface area contributed by atoms with Gasteiger partial charge in [0.2, 0.25) is 0 Å². The monoisotopic (exact) mass is 294 g/mol. The maximum absolute atomic E-state index is 11.8. The van der Waals surface area contributed by atoms with Gasteiger partial charge in [0, 0.05) is 19.8 Å². The molecule has 116 valence electrons. The molecular formula is C14H22N4O3. The molecule has 0 aromatic carbocycles. The van der Waals surface area contributed by atoms with Crippen LogP contribution in [0.2, 0.25) is 0 Å². The molecule has 1 aliphatic rings. The molecule has 2 atom stereocenters. The van der Waals surface area contributed by atoms with Crippen molar-refractivity contribution >= 4 is 12.0 Å². The molecule has 0 aliphatic heterocycles. The number of carbonyl (C=O) groups is 2. The van der Waals surface area contributed by atoms with Gasteiger partial charge < -0.3 is 15.7 Å². The van der Waals surface area contributed by atoms with Crippen LogP contribution < -0.4 is 10.6 Å². The van der Waals surface area contributed by atoms with Crippen LogP contribution >= 0.6 is 0 Å². The second kappa shape index (κ2) is 7.10. The maximum Gasteiger partial charge on any atom is 0.315 e. The van der Waals surface area contributed by atoms with Gasteiger partial charge in [-0.3, -0.25) is 9.48 Å². The molecule has 0 saturated heterocycles. The number of carbonyl (C=O) groups excluding carboxylic acids is 1. The number of urea groups is 1. The zero-order valence-corrected chi connectivity index (χ0v) is 12.2. The fourth-order valence-electron chi connectivity index (χ4n) is 2.81. The van der Waals surface area contributed by atoms with Crippen LogP contribution in [0, 0.1) is 11.8 Å². The van der Waals surface area contributed by atoms with Crippen molar-refractivity contribution < 1.29 is 14.7 Å². The van der Waals surface area contributed by atoms with Crippen LogP contribution in [0.25, 0.3) is 0 Å². The fraction of sp³-hybridized carbons (Fsp3) is 0.643. The Kier molecular flexibility index (Phi) is 5.19. The number of aromatic nitrogens is 2. The van der Waals surface area contributed by atoms with Crippen LogP contribution in [0.15, 0.2) is 12.3 Å². The van der Waals surface area contributed by atoms with Gasteiger partial charge in [0.05, 0.1) is 18.2 Å². The number of hydrogen-bond acceptors (Lipinski definition) is 3. The summed E-state index contributed by atoms with van der Waals surface area (Å²) in [6.07, 6.45) is 5.23. The summed E-state index contributed by atoms with van der Waals surface area (Å²) < 4.78 is 1.70. The van der Waals surface area contributed by atoms with Crippen molar-refractivity contribution in [2.24, 2.45) is 18.9 Å². The molecule has 7 nitrogen and oxygen atoms in total. The van der Waals surface area contributed by atoms with E-state index in [1.807, 2.05) is 13.1 Å². The molecule has 1 saturated carbocycles. The molecule has 1 fully saturated rings. The van der Waals surface area contributed by atoms with Crippen LogP contribution in [0.4, 0.5) is 4.79 Å². The van der Waals surface area contributed by atoms with E-state index in [1.54, 1.807) is 10.9 Å². The summed E-state index contributed by atoms with van der Waals surface area (Å²) in [5.74, 6) is -1.06. The third-order valence-electron chi connectivity index (χ3n) is 4.10. The third kappa shape index (κ3) is 4.21. The molecule has 1 aliphatic carbocycles. The molecule has 1 heterocycles. The van der Waals surface area contributed by atoms with E-state index in [9.17, 15) is 14.7 Å². The standard InChI is InChI=1S/C14H22N4O3/c1-18-11(6-7-17-18)9-16-14(21)15-8-10-4-2-3-5-12(10)13(19)20/h6-7,10,12H,2-5,8-9H2,1H3,(H,19,20)(H2,15,16,21). The second-order valence-corrected chi connectivity index (χ2v) is 5.50. The van der Waals surface area contributed by atoms with Crippen LogP contribution in [0.3, 0.4) is 0 Å². The first-order chi connectivity index (χ1) is 10.1. The van der Waals surface area contributed by atoms with Crippen LogP contribution in [-0.4, -0.2) is 33.4 Å². The lowest BCUT2D eigenvalue weighted by atomic mass is 9.79. The average molecular weight is 294 g/mol. The minimum absolute atomic E-state index is 0.0266. The Bertz CT molecular complexity index is 500. The lowest BCUT2D eigenvalue weighted by Crippen LogP contribution is -2.41. The number of hydrogen-bond donors (Lipinski definition) is 3. The van der Waals surface area contributed by atoms with E-state index in [1.165, 1.54) is 0 Å². The summed E-state index contributed by atoms with van der Waals surface area (Å²) in [5.41, 5.74) is 0.909. The highest BCUT2D eigenvalue weighted by Gasteiger charge is 2.30. The van der Waals surface area contributed by atoms with E-state index in [2.05, 4.69) is 15.7 Å². The van der Waals surface area contributed by atoms with E-state index in [0.717, 1.165) is 25.0 Å². The van der Waals surface area contributed by atoms with E-state index < -0.39 is 5.97 Å². The molecule has 1 aromatic rings. The van der Waals surface area contributed by atoms with Gasteiger partial charge >= 0.3 is 12.0 Å². The quantitative estimate of drug-likeness (QED) is 0.758. The normalized spacial score (nSPS) is 21.8. The topological polar surface area (TPSA) is 96.3 Å². The van der Waals surface area contributed by atoms with Crippen molar-refractivity contribution in [3.63, 3.8) is 0 Å². The molecule has 1 aromatic heterocycles. The average Bonchev–Trinajstić information content (AvgIpc) is 2.88. The number of nitrogens with zero attached hydrogens (tertiary/aromatic N) is 2. The number of aliphatic carboxylic acids is 1. The summed E-state index contributed by atoms with van der Waals surface area (Å²) in [6.45, 7) is 0.809. The van der Waals surface area contributed by atoms with E-state index in [4.69, 9.17) is 0 Å². The highest BCUT2D eigenvalue weighted by Crippen LogP contribution is 2.29. The maximum atomic E-state index is 11.8.